The number of aromatic nitrogens is 4. The quantitative estimate of drug-likeness (QED) is 0.194. The topological polar surface area (TPSA) is 43.6 Å². The predicted octanol–water partition coefficient (Wildman–Crippen LogP) is 10.6. The fourth-order valence-corrected chi connectivity index (χ4v) is 8.64. The molecule has 4 heteroatoms. The largest absolute Gasteiger partial charge is 0.309 e. The molecule has 2 aliphatic rings. The number of hydrogen-bond donors (Lipinski definition) is 0. The second-order valence-corrected chi connectivity index (χ2v) is 13.2. The lowest BCUT2D eigenvalue weighted by molar-refractivity contribution is 0.748. The van der Waals surface area contributed by atoms with Crippen LogP contribution in [0.5, 0.6) is 0 Å². The molecule has 1 spiro atoms. The van der Waals surface area contributed by atoms with Gasteiger partial charge in [-0.05, 0) is 45.5 Å². The molecule has 0 N–H and O–H groups in total. The third-order valence-corrected chi connectivity index (χ3v) is 10.7. The van der Waals surface area contributed by atoms with Crippen LogP contribution in [0, 0.1) is 0 Å². The van der Waals surface area contributed by atoms with E-state index in [1.165, 1.54) is 55.2 Å². The van der Waals surface area contributed by atoms with Crippen molar-refractivity contribution in [3.8, 4) is 51.0 Å². The molecule has 0 amide bonds. The van der Waals surface area contributed by atoms with E-state index in [2.05, 4.69) is 138 Å². The minimum absolute atomic E-state index is 0.492. The zero-order valence-corrected chi connectivity index (χ0v) is 27.0. The van der Waals surface area contributed by atoms with Gasteiger partial charge in [0.25, 0.3) is 0 Å². The van der Waals surface area contributed by atoms with Crippen molar-refractivity contribution < 1.29 is 0 Å². The molecule has 1 aliphatic heterocycles. The number of rotatable bonds is 3. The van der Waals surface area contributed by atoms with Crippen LogP contribution < -0.4 is 0 Å². The fraction of sp³-hybridized carbons (Fsp3) is 0.0217. The summed E-state index contributed by atoms with van der Waals surface area (Å²) in [6.45, 7) is 0. The van der Waals surface area contributed by atoms with E-state index < -0.39 is 5.41 Å². The van der Waals surface area contributed by atoms with Crippen molar-refractivity contribution in [2.75, 3.05) is 0 Å². The molecule has 0 radical (unpaired) electrons. The molecular formula is C46H28N4. The van der Waals surface area contributed by atoms with Crippen molar-refractivity contribution in [3.63, 3.8) is 0 Å². The monoisotopic (exact) mass is 636 g/mol. The molecule has 0 saturated carbocycles. The van der Waals surface area contributed by atoms with Crippen molar-refractivity contribution in [1.29, 1.82) is 0 Å². The van der Waals surface area contributed by atoms with Gasteiger partial charge in [-0.15, -0.1) is 0 Å². The standard InChI is InChI=1S/C46H28N4/c1-3-14-29(15-4-1)43-47-44(30-16-5-2-6-17-30)49-45(48-43)31-26-27-38-41(28-31)50-40-25-12-9-20-34(40)35-21-13-24-39(42(35)50)46(38)36-22-10-7-18-32(36)33-19-8-11-23-37(33)46/h1-28H. The Bertz CT molecular complexity index is 2710. The maximum Gasteiger partial charge on any atom is 0.164 e. The van der Waals surface area contributed by atoms with E-state index in [1.54, 1.807) is 0 Å². The van der Waals surface area contributed by atoms with Crippen molar-refractivity contribution >= 4 is 21.8 Å². The van der Waals surface area contributed by atoms with Gasteiger partial charge in [0, 0.05) is 27.5 Å². The average molecular weight is 637 g/mol. The molecule has 4 nitrogen and oxygen atoms in total. The Kier molecular flexibility index (Phi) is 5.56. The highest BCUT2D eigenvalue weighted by Crippen LogP contribution is 2.61. The molecule has 0 fully saturated rings. The van der Waals surface area contributed by atoms with Crippen molar-refractivity contribution in [1.82, 2.24) is 19.5 Å². The summed E-state index contributed by atoms with van der Waals surface area (Å²) < 4.78 is 2.48. The van der Waals surface area contributed by atoms with Crippen LogP contribution in [0.4, 0.5) is 0 Å². The minimum atomic E-state index is -0.492. The van der Waals surface area contributed by atoms with Crippen LogP contribution in [0.2, 0.25) is 0 Å². The molecule has 11 rings (SSSR count). The normalized spacial score (nSPS) is 13.4. The molecule has 0 atom stereocenters. The number of nitrogens with zero attached hydrogens (tertiary/aromatic N) is 4. The summed E-state index contributed by atoms with van der Waals surface area (Å²) in [5.41, 5.74) is 13.7. The second kappa shape index (κ2) is 10.2. The van der Waals surface area contributed by atoms with E-state index in [0.29, 0.717) is 17.5 Å². The van der Waals surface area contributed by atoms with Crippen LogP contribution in [0.25, 0.3) is 72.8 Å². The molecule has 7 aromatic carbocycles. The van der Waals surface area contributed by atoms with E-state index in [1.807, 2.05) is 36.4 Å². The van der Waals surface area contributed by atoms with Gasteiger partial charge in [-0.2, -0.15) is 0 Å². The van der Waals surface area contributed by atoms with Gasteiger partial charge in [-0.1, -0.05) is 158 Å². The van der Waals surface area contributed by atoms with Crippen LogP contribution in [-0.4, -0.2) is 19.5 Å². The van der Waals surface area contributed by atoms with Gasteiger partial charge >= 0.3 is 0 Å². The number of hydrogen-bond acceptors (Lipinski definition) is 3. The highest BCUT2D eigenvalue weighted by atomic mass is 15.0. The van der Waals surface area contributed by atoms with E-state index in [-0.39, 0.29) is 0 Å². The Balaban J connectivity index is 1.26. The molecule has 0 saturated heterocycles. The maximum atomic E-state index is 5.12. The van der Waals surface area contributed by atoms with E-state index in [9.17, 15) is 0 Å². The first kappa shape index (κ1) is 27.3. The second-order valence-electron chi connectivity index (χ2n) is 13.2. The van der Waals surface area contributed by atoms with Gasteiger partial charge in [0.15, 0.2) is 17.5 Å². The number of fused-ring (bicyclic) bond motifs is 12. The SMILES string of the molecule is c1ccc(-c2nc(-c3ccccc3)nc(-c3ccc4c(c3)-n3c5ccccc5c5cccc(c53)C43c4ccccc4-c4ccccc43)n2)cc1. The van der Waals surface area contributed by atoms with E-state index in [4.69, 9.17) is 15.0 Å². The molecule has 0 bridgehead atoms. The van der Waals surface area contributed by atoms with Crippen molar-refractivity contribution in [2.24, 2.45) is 0 Å². The van der Waals surface area contributed by atoms with Crippen LogP contribution >= 0.6 is 0 Å². The average Bonchev–Trinajstić information content (AvgIpc) is 3.69. The lowest BCUT2D eigenvalue weighted by atomic mass is 9.65. The molecule has 3 heterocycles. The van der Waals surface area contributed by atoms with Crippen LogP contribution in [-0.2, 0) is 5.41 Å². The number of benzene rings is 7. The Labute approximate surface area is 289 Å². The van der Waals surface area contributed by atoms with Gasteiger partial charge in [-0.3, -0.25) is 0 Å². The molecule has 50 heavy (non-hydrogen) atoms. The molecule has 232 valence electrons. The summed E-state index contributed by atoms with van der Waals surface area (Å²) in [6.07, 6.45) is 0. The Morgan fingerprint density at radius 2 is 0.900 bits per heavy atom. The summed E-state index contributed by atoms with van der Waals surface area (Å²) in [6, 6.07) is 60.7. The summed E-state index contributed by atoms with van der Waals surface area (Å²) in [5.74, 6) is 1.95. The van der Waals surface area contributed by atoms with Crippen molar-refractivity contribution in [2.45, 2.75) is 5.41 Å². The van der Waals surface area contributed by atoms with Gasteiger partial charge < -0.3 is 4.57 Å². The summed E-state index contributed by atoms with van der Waals surface area (Å²) in [5, 5.41) is 2.50. The molecule has 1 aliphatic carbocycles. The lowest BCUT2D eigenvalue weighted by Crippen LogP contribution is -2.33. The third-order valence-electron chi connectivity index (χ3n) is 10.7. The van der Waals surface area contributed by atoms with Crippen LogP contribution in [0.3, 0.4) is 0 Å². The Morgan fingerprint density at radius 1 is 0.380 bits per heavy atom. The number of para-hydroxylation sites is 2. The highest BCUT2D eigenvalue weighted by Gasteiger charge is 2.50. The minimum Gasteiger partial charge on any atom is -0.309 e. The van der Waals surface area contributed by atoms with E-state index >= 15 is 0 Å². The zero-order valence-electron chi connectivity index (χ0n) is 27.0. The van der Waals surface area contributed by atoms with Gasteiger partial charge in [0.1, 0.15) is 0 Å². The van der Waals surface area contributed by atoms with Crippen LogP contribution in [0.15, 0.2) is 170 Å². The molecule has 0 unspecified atom stereocenters. The summed E-state index contributed by atoms with van der Waals surface area (Å²) >= 11 is 0. The predicted molar refractivity (Wildman–Crippen MR) is 201 cm³/mol. The Morgan fingerprint density at radius 3 is 1.56 bits per heavy atom. The van der Waals surface area contributed by atoms with Gasteiger partial charge in [0.2, 0.25) is 0 Å². The van der Waals surface area contributed by atoms with Gasteiger partial charge in [-0.25, -0.2) is 15.0 Å². The molecular weight excluding hydrogens is 609 g/mol. The third kappa shape index (κ3) is 3.57. The summed E-state index contributed by atoms with van der Waals surface area (Å²) in [4.78, 5) is 15.2. The highest BCUT2D eigenvalue weighted by molar-refractivity contribution is 6.13. The zero-order chi connectivity index (χ0) is 32.8. The van der Waals surface area contributed by atoms with Gasteiger partial charge in [0.05, 0.1) is 22.1 Å². The molecule has 2 aromatic heterocycles. The first-order valence-electron chi connectivity index (χ1n) is 17.0. The fourth-order valence-electron chi connectivity index (χ4n) is 8.64. The van der Waals surface area contributed by atoms with E-state index in [0.717, 1.165) is 22.4 Å². The maximum absolute atomic E-state index is 5.12. The Hall–Kier alpha value is -6.65. The first-order chi connectivity index (χ1) is 24.8. The molecule has 9 aromatic rings. The lowest BCUT2D eigenvalue weighted by Gasteiger charge is -2.39. The smallest absolute Gasteiger partial charge is 0.164 e. The summed E-state index contributed by atoms with van der Waals surface area (Å²) in [7, 11) is 0. The van der Waals surface area contributed by atoms with Crippen molar-refractivity contribution in [3.05, 3.63) is 192 Å². The first-order valence-corrected chi connectivity index (χ1v) is 17.0. The van der Waals surface area contributed by atoms with Crippen LogP contribution in [0.1, 0.15) is 22.3 Å².